The molecule has 4 fully saturated rings. The zero-order chi connectivity index (χ0) is 18.9. The molecule has 2 unspecified atom stereocenters. The Labute approximate surface area is 169 Å². The average Bonchev–Trinajstić information content (AvgIpc) is 3.09. The molecule has 156 valence electrons. The standard InChI is InChI=1S/C25H46N2/c1-19-4-10-25(11-5-19)15-9-23(17-25)27-18-21-16-24(12-6-20(21)2)13-7-22(26-3)8-14-24/h19-23,26-27H,4-18H2,1-3H3/t19?,20-,21?,22?,23?,24?,25?/m1/s1. The zero-order valence-electron chi connectivity index (χ0n) is 18.5. The Morgan fingerprint density at radius 3 is 1.93 bits per heavy atom. The molecule has 0 saturated heterocycles. The van der Waals surface area contributed by atoms with Crippen LogP contribution < -0.4 is 10.6 Å². The number of nitrogens with one attached hydrogen (secondary N) is 2. The van der Waals surface area contributed by atoms with Crippen LogP contribution in [0.15, 0.2) is 0 Å². The number of hydrogen-bond acceptors (Lipinski definition) is 2. The summed E-state index contributed by atoms with van der Waals surface area (Å²) in [4.78, 5) is 0. The van der Waals surface area contributed by atoms with Gasteiger partial charge in [-0.25, -0.2) is 0 Å². The van der Waals surface area contributed by atoms with Crippen LogP contribution in [0.4, 0.5) is 0 Å². The summed E-state index contributed by atoms with van der Waals surface area (Å²) in [6.45, 7) is 6.30. The van der Waals surface area contributed by atoms with Gasteiger partial charge in [-0.05, 0) is 119 Å². The largest absolute Gasteiger partial charge is 0.317 e. The van der Waals surface area contributed by atoms with Crippen LogP contribution in [-0.4, -0.2) is 25.7 Å². The van der Waals surface area contributed by atoms with E-state index in [-0.39, 0.29) is 0 Å². The fraction of sp³-hybridized carbons (Fsp3) is 1.00. The lowest BCUT2D eigenvalue weighted by Gasteiger charge is -2.48. The molecule has 0 aromatic heterocycles. The Balaban J connectivity index is 1.26. The van der Waals surface area contributed by atoms with Gasteiger partial charge in [0.15, 0.2) is 0 Å². The van der Waals surface area contributed by atoms with Crippen LogP contribution in [-0.2, 0) is 0 Å². The summed E-state index contributed by atoms with van der Waals surface area (Å²) in [5.74, 6) is 2.84. The second kappa shape index (κ2) is 8.34. The summed E-state index contributed by atoms with van der Waals surface area (Å²) in [5, 5.41) is 7.62. The molecule has 4 saturated carbocycles. The van der Waals surface area contributed by atoms with Gasteiger partial charge in [-0.15, -0.1) is 0 Å². The fourth-order valence-electron chi connectivity index (χ4n) is 7.40. The van der Waals surface area contributed by atoms with E-state index < -0.39 is 0 Å². The molecule has 4 rings (SSSR count). The van der Waals surface area contributed by atoms with E-state index in [0.29, 0.717) is 5.41 Å². The van der Waals surface area contributed by atoms with Crippen molar-refractivity contribution in [3.63, 3.8) is 0 Å². The Kier molecular flexibility index (Phi) is 6.24. The van der Waals surface area contributed by atoms with Gasteiger partial charge in [-0.2, -0.15) is 0 Å². The van der Waals surface area contributed by atoms with Gasteiger partial charge < -0.3 is 10.6 Å². The van der Waals surface area contributed by atoms with Crippen molar-refractivity contribution < 1.29 is 0 Å². The quantitative estimate of drug-likeness (QED) is 0.639. The van der Waals surface area contributed by atoms with E-state index in [2.05, 4.69) is 31.5 Å². The van der Waals surface area contributed by atoms with E-state index in [1.807, 2.05) is 0 Å². The van der Waals surface area contributed by atoms with Gasteiger partial charge in [-0.3, -0.25) is 0 Å². The van der Waals surface area contributed by atoms with Crippen molar-refractivity contribution in [2.45, 2.75) is 116 Å². The van der Waals surface area contributed by atoms with Gasteiger partial charge in [0.25, 0.3) is 0 Å². The summed E-state index contributed by atoms with van der Waals surface area (Å²) < 4.78 is 0. The molecule has 2 N–H and O–H groups in total. The van der Waals surface area contributed by atoms with E-state index in [1.165, 1.54) is 96.4 Å². The highest BCUT2D eigenvalue weighted by Gasteiger charge is 2.43. The predicted molar refractivity (Wildman–Crippen MR) is 116 cm³/mol. The Morgan fingerprint density at radius 1 is 0.704 bits per heavy atom. The number of hydrogen-bond donors (Lipinski definition) is 2. The van der Waals surface area contributed by atoms with E-state index in [0.717, 1.165) is 35.3 Å². The van der Waals surface area contributed by atoms with Gasteiger partial charge in [-0.1, -0.05) is 26.7 Å². The van der Waals surface area contributed by atoms with Crippen LogP contribution in [0.2, 0.25) is 0 Å². The molecule has 27 heavy (non-hydrogen) atoms. The van der Waals surface area contributed by atoms with Gasteiger partial charge in [0.1, 0.15) is 0 Å². The second-order valence-corrected chi connectivity index (χ2v) is 11.6. The molecular weight excluding hydrogens is 328 g/mol. The third kappa shape index (κ3) is 4.58. The second-order valence-electron chi connectivity index (χ2n) is 11.6. The normalized spacial score (nSPS) is 48.3. The summed E-state index contributed by atoms with van der Waals surface area (Å²) in [6, 6.07) is 1.61. The maximum atomic E-state index is 4.09. The molecule has 0 aromatic rings. The molecule has 0 aliphatic heterocycles. The van der Waals surface area contributed by atoms with Crippen molar-refractivity contribution in [3.05, 3.63) is 0 Å². The van der Waals surface area contributed by atoms with E-state index >= 15 is 0 Å². The summed E-state index contributed by atoms with van der Waals surface area (Å²) >= 11 is 0. The molecule has 4 aliphatic carbocycles. The molecule has 0 heterocycles. The lowest BCUT2D eigenvalue weighted by atomic mass is 9.59. The molecule has 0 radical (unpaired) electrons. The van der Waals surface area contributed by atoms with Crippen LogP contribution in [0.1, 0.15) is 104 Å². The summed E-state index contributed by atoms with van der Waals surface area (Å²) in [6.07, 6.45) is 20.7. The van der Waals surface area contributed by atoms with Gasteiger partial charge in [0.05, 0.1) is 0 Å². The van der Waals surface area contributed by atoms with Gasteiger partial charge in [0, 0.05) is 12.1 Å². The van der Waals surface area contributed by atoms with Crippen LogP contribution >= 0.6 is 0 Å². The zero-order valence-corrected chi connectivity index (χ0v) is 18.5. The first kappa shape index (κ1) is 20.2. The first-order valence-electron chi connectivity index (χ1n) is 12.4. The molecular formula is C25H46N2. The third-order valence-corrected chi connectivity index (χ3v) is 9.79. The van der Waals surface area contributed by atoms with Crippen molar-refractivity contribution in [2.24, 2.45) is 28.6 Å². The lowest BCUT2D eigenvalue weighted by Crippen LogP contribution is -2.43. The third-order valence-electron chi connectivity index (χ3n) is 9.79. The van der Waals surface area contributed by atoms with Crippen molar-refractivity contribution in [3.8, 4) is 0 Å². The molecule has 4 aliphatic rings. The van der Waals surface area contributed by atoms with E-state index in [9.17, 15) is 0 Å². The van der Waals surface area contributed by atoms with E-state index in [4.69, 9.17) is 0 Å². The minimum absolute atomic E-state index is 0.697. The molecule has 2 heteroatoms. The molecule has 2 spiro atoms. The highest BCUT2D eigenvalue weighted by atomic mass is 14.9. The van der Waals surface area contributed by atoms with Gasteiger partial charge >= 0.3 is 0 Å². The van der Waals surface area contributed by atoms with Crippen molar-refractivity contribution in [1.82, 2.24) is 10.6 Å². The average molecular weight is 375 g/mol. The minimum Gasteiger partial charge on any atom is -0.317 e. The monoisotopic (exact) mass is 374 g/mol. The summed E-state index contributed by atoms with van der Waals surface area (Å²) in [7, 11) is 2.15. The van der Waals surface area contributed by atoms with Gasteiger partial charge in [0.2, 0.25) is 0 Å². The van der Waals surface area contributed by atoms with Crippen LogP contribution in [0.25, 0.3) is 0 Å². The Bertz CT molecular complexity index is 471. The van der Waals surface area contributed by atoms with Crippen LogP contribution in [0, 0.1) is 28.6 Å². The van der Waals surface area contributed by atoms with Crippen LogP contribution in [0.3, 0.4) is 0 Å². The predicted octanol–water partition coefficient (Wildman–Crippen LogP) is 5.91. The maximum Gasteiger partial charge on any atom is 0.00726 e. The molecule has 2 nitrogen and oxygen atoms in total. The first-order valence-corrected chi connectivity index (χ1v) is 12.4. The maximum absolute atomic E-state index is 4.09. The highest BCUT2D eigenvalue weighted by Crippen LogP contribution is 2.52. The van der Waals surface area contributed by atoms with Crippen LogP contribution in [0.5, 0.6) is 0 Å². The topological polar surface area (TPSA) is 24.1 Å². The fourth-order valence-corrected chi connectivity index (χ4v) is 7.40. The SMILES string of the molecule is CNC1CCC2(CC1)CC[C@@H](C)C(CNC1CCC3(CCC(C)CC3)C1)C2. The van der Waals surface area contributed by atoms with E-state index in [1.54, 1.807) is 0 Å². The number of rotatable bonds is 4. The lowest BCUT2D eigenvalue weighted by molar-refractivity contribution is 0.0468. The van der Waals surface area contributed by atoms with Crippen molar-refractivity contribution in [1.29, 1.82) is 0 Å². The Morgan fingerprint density at radius 2 is 1.26 bits per heavy atom. The molecule has 0 amide bonds. The summed E-state index contributed by atoms with van der Waals surface area (Å²) in [5.41, 5.74) is 1.43. The first-order chi connectivity index (χ1) is 13.0. The molecule has 3 atom stereocenters. The highest BCUT2D eigenvalue weighted by molar-refractivity contribution is 4.97. The molecule has 0 aromatic carbocycles. The Hall–Kier alpha value is -0.0800. The minimum atomic E-state index is 0.697. The van der Waals surface area contributed by atoms with Crippen molar-refractivity contribution >= 4 is 0 Å². The smallest absolute Gasteiger partial charge is 0.00726 e. The molecule has 0 bridgehead atoms. The van der Waals surface area contributed by atoms with Crippen molar-refractivity contribution in [2.75, 3.05) is 13.6 Å².